The van der Waals surface area contributed by atoms with E-state index in [1.54, 1.807) is 0 Å². The van der Waals surface area contributed by atoms with E-state index >= 15 is 0 Å². The van der Waals surface area contributed by atoms with Crippen molar-refractivity contribution < 1.29 is 4.79 Å². The lowest BCUT2D eigenvalue weighted by Crippen LogP contribution is -2.37. The lowest BCUT2D eigenvalue weighted by atomic mass is 9.95. The highest BCUT2D eigenvalue weighted by molar-refractivity contribution is 9.10. The zero-order valence-corrected chi connectivity index (χ0v) is 15.7. The molecular formula is C19H20BrClN2O. The Labute approximate surface area is 156 Å². The first-order valence-corrected chi connectivity index (χ1v) is 9.30. The summed E-state index contributed by atoms with van der Waals surface area (Å²) < 4.78 is 1.01. The lowest BCUT2D eigenvalue weighted by Gasteiger charge is -2.31. The van der Waals surface area contributed by atoms with Crippen LogP contribution in [0.15, 0.2) is 53.0 Å². The van der Waals surface area contributed by atoms with Gasteiger partial charge in [-0.25, -0.2) is 0 Å². The van der Waals surface area contributed by atoms with Crippen LogP contribution in [0.2, 0.25) is 5.02 Å². The summed E-state index contributed by atoms with van der Waals surface area (Å²) in [6.07, 6.45) is 1.80. The molecule has 1 aliphatic rings. The molecule has 1 saturated heterocycles. The van der Waals surface area contributed by atoms with Crippen LogP contribution in [0.25, 0.3) is 0 Å². The minimum Gasteiger partial charge on any atom is -0.326 e. The van der Waals surface area contributed by atoms with Crippen LogP contribution in [-0.4, -0.2) is 23.9 Å². The first kappa shape index (κ1) is 17.5. The number of hydrogen-bond donors (Lipinski definition) is 1. The Morgan fingerprint density at radius 2 is 1.71 bits per heavy atom. The SMILES string of the molecule is O=C(Nc1ccc(Br)cc1)C1CCN(Cc2ccc(Cl)cc2)CC1. The van der Waals surface area contributed by atoms with Crippen LogP contribution in [-0.2, 0) is 11.3 Å². The van der Waals surface area contributed by atoms with Gasteiger partial charge in [0.1, 0.15) is 0 Å². The number of piperidine rings is 1. The monoisotopic (exact) mass is 406 g/mol. The van der Waals surface area contributed by atoms with Gasteiger partial charge >= 0.3 is 0 Å². The van der Waals surface area contributed by atoms with Crippen LogP contribution in [0.3, 0.4) is 0 Å². The highest BCUT2D eigenvalue weighted by Crippen LogP contribution is 2.22. The van der Waals surface area contributed by atoms with Gasteiger partial charge in [0, 0.05) is 27.6 Å². The van der Waals surface area contributed by atoms with Crippen molar-refractivity contribution in [1.82, 2.24) is 4.90 Å². The molecule has 0 bridgehead atoms. The maximum Gasteiger partial charge on any atom is 0.227 e. The van der Waals surface area contributed by atoms with E-state index in [1.807, 2.05) is 36.4 Å². The van der Waals surface area contributed by atoms with Crippen molar-refractivity contribution in [3.8, 4) is 0 Å². The molecule has 1 fully saturated rings. The van der Waals surface area contributed by atoms with Gasteiger partial charge < -0.3 is 5.32 Å². The Morgan fingerprint density at radius 1 is 1.08 bits per heavy atom. The molecule has 0 unspecified atom stereocenters. The average Bonchev–Trinajstić information content (AvgIpc) is 2.59. The van der Waals surface area contributed by atoms with Crippen LogP contribution in [0, 0.1) is 5.92 Å². The van der Waals surface area contributed by atoms with E-state index in [-0.39, 0.29) is 11.8 Å². The molecule has 2 aromatic rings. The molecular weight excluding hydrogens is 388 g/mol. The number of anilines is 1. The third-order valence-electron chi connectivity index (χ3n) is 4.39. The second-order valence-corrected chi connectivity index (χ2v) is 7.53. The summed E-state index contributed by atoms with van der Waals surface area (Å²) in [6.45, 7) is 2.81. The van der Waals surface area contributed by atoms with Gasteiger partial charge in [0.05, 0.1) is 0 Å². The fourth-order valence-corrected chi connectivity index (χ4v) is 3.37. The molecule has 0 radical (unpaired) electrons. The molecule has 1 N–H and O–H groups in total. The fourth-order valence-electron chi connectivity index (χ4n) is 2.98. The molecule has 24 heavy (non-hydrogen) atoms. The summed E-state index contributed by atoms with van der Waals surface area (Å²) in [7, 11) is 0. The molecule has 1 heterocycles. The number of nitrogens with zero attached hydrogens (tertiary/aromatic N) is 1. The van der Waals surface area contributed by atoms with Gasteiger partial charge in [-0.05, 0) is 67.9 Å². The van der Waals surface area contributed by atoms with E-state index in [1.165, 1.54) is 5.56 Å². The normalized spacial score (nSPS) is 16.1. The molecule has 5 heteroatoms. The van der Waals surface area contributed by atoms with Crippen LogP contribution in [0.4, 0.5) is 5.69 Å². The van der Waals surface area contributed by atoms with E-state index in [0.717, 1.165) is 47.7 Å². The average molecular weight is 408 g/mol. The van der Waals surface area contributed by atoms with Gasteiger partial charge in [0.25, 0.3) is 0 Å². The van der Waals surface area contributed by atoms with E-state index in [2.05, 4.69) is 38.3 Å². The smallest absolute Gasteiger partial charge is 0.227 e. The highest BCUT2D eigenvalue weighted by Gasteiger charge is 2.25. The molecule has 3 nitrogen and oxygen atoms in total. The van der Waals surface area contributed by atoms with Crippen molar-refractivity contribution in [1.29, 1.82) is 0 Å². The molecule has 0 atom stereocenters. The number of amides is 1. The minimum absolute atomic E-state index is 0.0927. The van der Waals surface area contributed by atoms with Gasteiger partial charge in [-0.3, -0.25) is 9.69 Å². The number of benzene rings is 2. The van der Waals surface area contributed by atoms with Crippen LogP contribution < -0.4 is 5.32 Å². The Balaban J connectivity index is 1.48. The first-order valence-electron chi connectivity index (χ1n) is 8.13. The molecule has 1 aliphatic heterocycles. The summed E-state index contributed by atoms with van der Waals surface area (Å²) in [5.74, 6) is 0.221. The Bertz CT molecular complexity index is 680. The Hall–Kier alpha value is -1.36. The quantitative estimate of drug-likeness (QED) is 0.777. The van der Waals surface area contributed by atoms with Crippen LogP contribution in [0.1, 0.15) is 18.4 Å². The number of carbonyl (C=O) groups excluding carboxylic acids is 1. The Morgan fingerprint density at radius 3 is 2.33 bits per heavy atom. The van der Waals surface area contributed by atoms with E-state index in [4.69, 9.17) is 11.6 Å². The standard InChI is InChI=1S/C19H20BrClN2O/c20-16-3-7-18(8-4-16)22-19(24)15-9-11-23(12-10-15)13-14-1-5-17(21)6-2-14/h1-8,15H,9-13H2,(H,22,24). The second-order valence-electron chi connectivity index (χ2n) is 6.17. The number of rotatable bonds is 4. The van der Waals surface area contributed by atoms with E-state index < -0.39 is 0 Å². The summed E-state index contributed by atoms with van der Waals surface area (Å²) in [4.78, 5) is 14.8. The Kier molecular flexibility index (Phi) is 5.93. The van der Waals surface area contributed by atoms with Gasteiger partial charge in [0.2, 0.25) is 5.91 Å². The summed E-state index contributed by atoms with van der Waals surface area (Å²) in [5.41, 5.74) is 2.11. The number of nitrogens with one attached hydrogen (secondary N) is 1. The molecule has 0 aromatic heterocycles. The number of halogens is 2. The molecule has 3 rings (SSSR count). The van der Waals surface area contributed by atoms with E-state index in [0.29, 0.717) is 0 Å². The summed E-state index contributed by atoms with van der Waals surface area (Å²) in [6, 6.07) is 15.7. The number of hydrogen-bond acceptors (Lipinski definition) is 2. The molecule has 2 aromatic carbocycles. The predicted octanol–water partition coefficient (Wildman–Crippen LogP) is 4.95. The molecule has 0 saturated carbocycles. The van der Waals surface area contributed by atoms with Crippen LogP contribution in [0.5, 0.6) is 0 Å². The topological polar surface area (TPSA) is 32.3 Å². The van der Waals surface area contributed by atoms with Crippen molar-refractivity contribution in [2.75, 3.05) is 18.4 Å². The molecule has 0 aliphatic carbocycles. The van der Waals surface area contributed by atoms with Gasteiger partial charge in [0.15, 0.2) is 0 Å². The van der Waals surface area contributed by atoms with Gasteiger partial charge in [-0.2, -0.15) is 0 Å². The lowest BCUT2D eigenvalue weighted by molar-refractivity contribution is -0.121. The van der Waals surface area contributed by atoms with Crippen molar-refractivity contribution >= 4 is 39.1 Å². The third kappa shape index (κ3) is 4.82. The van der Waals surface area contributed by atoms with Gasteiger partial charge in [-0.1, -0.05) is 39.7 Å². The zero-order valence-electron chi connectivity index (χ0n) is 13.3. The number of carbonyl (C=O) groups is 1. The van der Waals surface area contributed by atoms with Crippen molar-refractivity contribution in [3.63, 3.8) is 0 Å². The fraction of sp³-hybridized carbons (Fsp3) is 0.316. The largest absolute Gasteiger partial charge is 0.326 e. The van der Waals surface area contributed by atoms with Crippen molar-refractivity contribution in [2.24, 2.45) is 5.92 Å². The second kappa shape index (κ2) is 8.15. The summed E-state index contributed by atoms with van der Waals surface area (Å²) >= 11 is 9.32. The maximum atomic E-state index is 12.4. The predicted molar refractivity (Wildman–Crippen MR) is 102 cm³/mol. The molecule has 1 amide bonds. The van der Waals surface area contributed by atoms with E-state index in [9.17, 15) is 4.79 Å². The van der Waals surface area contributed by atoms with Crippen molar-refractivity contribution in [2.45, 2.75) is 19.4 Å². The maximum absolute atomic E-state index is 12.4. The van der Waals surface area contributed by atoms with Crippen molar-refractivity contribution in [3.05, 3.63) is 63.6 Å². The highest BCUT2D eigenvalue weighted by atomic mass is 79.9. The van der Waals surface area contributed by atoms with Crippen LogP contribution >= 0.6 is 27.5 Å². The molecule has 126 valence electrons. The zero-order chi connectivity index (χ0) is 16.9. The summed E-state index contributed by atoms with van der Waals surface area (Å²) in [5, 5.41) is 3.78. The van der Waals surface area contributed by atoms with Gasteiger partial charge in [-0.15, -0.1) is 0 Å². The number of likely N-dealkylation sites (tertiary alicyclic amines) is 1. The third-order valence-corrected chi connectivity index (χ3v) is 5.17. The minimum atomic E-state index is 0.0927. The first-order chi connectivity index (χ1) is 11.6. The molecule has 0 spiro atoms.